The van der Waals surface area contributed by atoms with Crippen molar-refractivity contribution in [3.8, 4) is 17.1 Å². The van der Waals surface area contributed by atoms with E-state index in [1.807, 2.05) is 42.0 Å². The normalized spacial score (nSPS) is 14.0. The van der Waals surface area contributed by atoms with Gasteiger partial charge in [-0.2, -0.15) is 0 Å². The van der Waals surface area contributed by atoms with E-state index >= 15 is 0 Å². The van der Waals surface area contributed by atoms with Gasteiger partial charge in [0.25, 0.3) is 5.56 Å². The van der Waals surface area contributed by atoms with Gasteiger partial charge in [0.1, 0.15) is 17.2 Å². The highest BCUT2D eigenvalue weighted by Gasteiger charge is 2.21. The fourth-order valence-electron chi connectivity index (χ4n) is 5.06. The number of hydrogen-bond donors (Lipinski definition) is 3. The van der Waals surface area contributed by atoms with E-state index in [-0.39, 0.29) is 17.4 Å². The molecule has 1 atom stereocenters. The summed E-state index contributed by atoms with van der Waals surface area (Å²) in [4.78, 5) is 28.3. The molecule has 1 aliphatic rings. The van der Waals surface area contributed by atoms with Crippen LogP contribution in [0.3, 0.4) is 0 Å². The van der Waals surface area contributed by atoms with E-state index < -0.39 is 0 Å². The van der Waals surface area contributed by atoms with E-state index in [1.165, 1.54) is 11.6 Å². The summed E-state index contributed by atoms with van der Waals surface area (Å²) in [5.74, 6) is 0.223. The Hall–Kier alpha value is -4.72. The van der Waals surface area contributed by atoms with Gasteiger partial charge in [0, 0.05) is 24.3 Å². The zero-order valence-corrected chi connectivity index (χ0v) is 20.9. The van der Waals surface area contributed by atoms with Crippen LogP contribution in [0.5, 0.6) is 0 Å². The number of aromatic nitrogens is 5. The van der Waals surface area contributed by atoms with Crippen LogP contribution in [-0.4, -0.2) is 30.5 Å². The lowest BCUT2D eigenvalue weighted by atomic mass is 9.92. The van der Waals surface area contributed by atoms with E-state index in [2.05, 4.69) is 38.5 Å². The number of aryl methyl sites for hydroxylation is 1. The van der Waals surface area contributed by atoms with Gasteiger partial charge in [-0.1, -0.05) is 30.4 Å². The second kappa shape index (κ2) is 9.97. The van der Waals surface area contributed by atoms with Crippen molar-refractivity contribution in [1.82, 2.24) is 24.5 Å². The summed E-state index contributed by atoms with van der Waals surface area (Å²) in [5.41, 5.74) is 6.51. The van der Waals surface area contributed by atoms with E-state index in [0.29, 0.717) is 23.5 Å². The molecule has 0 radical (unpaired) electrons. The number of halogens is 1. The summed E-state index contributed by atoms with van der Waals surface area (Å²) in [5, 5.41) is 3.60. The van der Waals surface area contributed by atoms with Gasteiger partial charge >= 0.3 is 0 Å². The maximum absolute atomic E-state index is 14.0. The highest BCUT2D eigenvalue weighted by atomic mass is 19.1. The number of rotatable bonds is 7. The minimum absolute atomic E-state index is 0.124. The zero-order valence-electron chi connectivity index (χ0n) is 20.9. The molecule has 38 heavy (non-hydrogen) atoms. The van der Waals surface area contributed by atoms with Gasteiger partial charge in [-0.15, -0.1) is 0 Å². The Morgan fingerprint density at radius 1 is 1.21 bits per heavy atom. The van der Waals surface area contributed by atoms with Crippen LogP contribution >= 0.6 is 0 Å². The first-order chi connectivity index (χ1) is 18.5. The molecule has 3 heterocycles. The van der Waals surface area contributed by atoms with Crippen molar-refractivity contribution in [3.05, 3.63) is 118 Å². The van der Waals surface area contributed by atoms with Crippen LogP contribution in [0.1, 0.15) is 24.0 Å². The summed E-state index contributed by atoms with van der Waals surface area (Å²) >= 11 is 0. The summed E-state index contributed by atoms with van der Waals surface area (Å²) in [6, 6.07) is 12.4. The molecule has 190 valence electrons. The molecular weight excluding hydrogens is 479 g/mol. The minimum Gasteiger partial charge on any atom is -0.377 e. The van der Waals surface area contributed by atoms with Gasteiger partial charge in [-0.25, -0.2) is 14.4 Å². The van der Waals surface area contributed by atoms with Crippen molar-refractivity contribution in [2.24, 2.45) is 0 Å². The third kappa shape index (κ3) is 4.68. The van der Waals surface area contributed by atoms with E-state index in [4.69, 9.17) is 4.98 Å². The van der Waals surface area contributed by atoms with Crippen molar-refractivity contribution in [3.63, 3.8) is 0 Å². The largest absolute Gasteiger partial charge is 0.377 e. The molecule has 0 fully saturated rings. The van der Waals surface area contributed by atoms with Gasteiger partial charge in [0.2, 0.25) is 0 Å². The van der Waals surface area contributed by atoms with Crippen LogP contribution in [0.15, 0.2) is 96.0 Å². The van der Waals surface area contributed by atoms with Crippen LogP contribution in [0, 0.1) is 12.7 Å². The molecule has 0 spiro atoms. The highest BCUT2D eigenvalue weighted by Crippen LogP contribution is 2.30. The monoisotopic (exact) mass is 506 g/mol. The van der Waals surface area contributed by atoms with Crippen LogP contribution in [-0.2, 0) is 6.42 Å². The summed E-state index contributed by atoms with van der Waals surface area (Å²) in [6.45, 7) is 2.00. The standard InChI is InChI=1S/C30H27FN6O/c1-19-14-23(37-13-12-32-18-37)17-26-28(19)36-29(35-26)27-24(10-11-33-30(27)38)34-25(21-7-3-2-4-8-21)16-20-6-5-9-22(31)15-20/h2-3,5-7,9-15,17-18,25H,4,8,16H2,1H3,(H,35,36)(H2,33,34,38). The predicted molar refractivity (Wildman–Crippen MR) is 148 cm³/mol. The highest BCUT2D eigenvalue weighted by molar-refractivity contribution is 5.86. The average Bonchev–Trinajstić information content (AvgIpc) is 3.60. The second-order valence-electron chi connectivity index (χ2n) is 9.55. The molecule has 3 N–H and O–H groups in total. The lowest BCUT2D eigenvalue weighted by molar-refractivity contribution is 0.624. The number of imidazole rings is 2. The second-order valence-corrected chi connectivity index (χ2v) is 9.55. The molecule has 1 unspecified atom stereocenters. The molecule has 0 aliphatic heterocycles. The molecule has 0 saturated heterocycles. The molecule has 7 nitrogen and oxygen atoms in total. The Balaban J connectivity index is 1.41. The first-order valence-electron chi connectivity index (χ1n) is 12.6. The topological polar surface area (TPSA) is 91.4 Å². The zero-order chi connectivity index (χ0) is 26.1. The van der Waals surface area contributed by atoms with Gasteiger partial charge in [-0.05, 0) is 73.2 Å². The van der Waals surface area contributed by atoms with Crippen molar-refractivity contribution in [2.75, 3.05) is 5.32 Å². The smallest absolute Gasteiger partial charge is 0.261 e. The Bertz CT molecular complexity index is 1730. The Kier molecular flexibility index (Phi) is 6.21. The molecule has 0 amide bonds. The Labute approximate surface area is 218 Å². The molecule has 1 aliphatic carbocycles. The van der Waals surface area contributed by atoms with Crippen LogP contribution in [0.2, 0.25) is 0 Å². The fourth-order valence-corrected chi connectivity index (χ4v) is 5.06. The van der Waals surface area contributed by atoms with Gasteiger partial charge in [0.15, 0.2) is 0 Å². The number of anilines is 1. The summed E-state index contributed by atoms with van der Waals surface area (Å²) in [6.07, 6.45) is 15.7. The first-order valence-corrected chi connectivity index (χ1v) is 12.6. The van der Waals surface area contributed by atoms with Crippen molar-refractivity contribution in [2.45, 2.75) is 32.2 Å². The summed E-state index contributed by atoms with van der Waals surface area (Å²) in [7, 11) is 0. The molecule has 3 aromatic heterocycles. The number of nitrogens with zero attached hydrogens (tertiary/aromatic N) is 3. The molecule has 0 bridgehead atoms. The number of fused-ring (bicyclic) bond motifs is 1. The third-order valence-electron chi connectivity index (χ3n) is 6.91. The predicted octanol–water partition coefficient (Wildman–Crippen LogP) is 5.85. The molecule has 2 aromatic carbocycles. The molecular formula is C30H27FN6O. The molecule has 0 saturated carbocycles. The number of pyridine rings is 1. The number of nitrogens with one attached hydrogen (secondary N) is 3. The first kappa shape index (κ1) is 23.7. The van der Waals surface area contributed by atoms with Gasteiger partial charge in [0.05, 0.1) is 29.1 Å². The van der Waals surface area contributed by atoms with E-state index in [1.54, 1.807) is 30.9 Å². The lowest BCUT2D eigenvalue weighted by Gasteiger charge is -2.25. The number of aromatic amines is 2. The number of hydrogen-bond acceptors (Lipinski definition) is 4. The van der Waals surface area contributed by atoms with Crippen LogP contribution < -0.4 is 10.9 Å². The number of allylic oxidation sites excluding steroid dienone is 3. The van der Waals surface area contributed by atoms with Crippen molar-refractivity contribution in [1.29, 1.82) is 0 Å². The van der Waals surface area contributed by atoms with E-state index in [0.717, 1.165) is 40.7 Å². The number of benzene rings is 2. The van der Waals surface area contributed by atoms with Crippen molar-refractivity contribution < 1.29 is 4.39 Å². The average molecular weight is 507 g/mol. The maximum Gasteiger partial charge on any atom is 0.261 e. The van der Waals surface area contributed by atoms with Crippen LogP contribution in [0.25, 0.3) is 28.1 Å². The minimum atomic E-state index is -0.261. The lowest BCUT2D eigenvalue weighted by Crippen LogP contribution is -2.27. The fraction of sp³-hybridized carbons (Fsp3) is 0.167. The quantitative estimate of drug-likeness (QED) is 0.258. The molecule has 5 aromatic rings. The van der Waals surface area contributed by atoms with Gasteiger partial charge in [-0.3, -0.25) is 4.79 Å². The maximum atomic E-state index is 14.0. The summed E-state index contributed by atoms with van der Waals surface area (Å²) < 4.78 is 15.9. The van der Waals surface area contributed by atoms with Crippen LogP contribution in [0.4, 0.5) is 10.1 Å². The van der Waals surface area contributed by atoms with Gasteiger partial charge < -0.3 is 19.9 Å². The molecule has 8 heteroatoms. The van der Waals surface area contributed by atoms with Crippen molar-refractivity contribution >= 4 is 16.7 Å². The molecule has 6 rings (SSSR count). The van der Waals surface area contributed by atoms with E-state index in [9.17, 15) is 9.18 Å². The Morgan fingerprint density at radius 3 is 2.92 bits per heavy atom. The number of H-pyrrole nitrogens is 2. The third-order valence-corrected chi connectivity index (χ3v) is 6.91. The Morgan fingerprint density at radius 2 is 2.13 bits per heavy atom. The SMILES string of the molecule is Cc1cc(-n2ccnc2)cc2[nH]c(-c3c(NC(Cc4cccc(F)c4)C4=CC=CCC4)cc[nH]c3=O)nc12.